The van der Waals surface area contributed by atoms with Crippen LogP contribution in [-0.4, -0.2) is 145 Å². The number of fused-ring (bicyclic) bond motifs is 3. The maximum Gasteiger partial charge on any atom is 0.334 e. The van der Waals surface area contributed by atoms with Gasteiger partial charge in [0.25, 0.3) is 17.7 Å². The highest BCUT2D eigenvalue weighted by molar-refractivity contribution is 6.21. The Kier molecular flexibility index (Phi) is 9.65. The fraction of sp³-hybridized carbons (Fsp3) is 0.667. The van der Waals surface area contributed by atoms with Crippen LogP contribution in [0.2, 0.25) is 0 Å². The third kappa shape index (κ3) is 6.47. The van der Waals surface area contributed by atoms with Gasteiger partial charge in [0.15, 0.2) is 18.2 Å². The molecular formula is C24H33ClN8O10. The molecule has 8 unspecified atom stereocenters. The van der Waals surface area contributed by atoms with E-state index in [2.05, 4.69) is 26.3 Å². The molecule has 4 aliphatic heterocycles. The molecule has 0 aromatic carbocycles. The second-order valence-electron chi connectivity index (χ2n) is 10.7. The van der Waals surface area contributed by atoms with Crippen molar-refractivity contribution in [3.8, 4) is 0 Å². The van der Waals surface area contributed by atoms with Crippen molar-refractivity contribution in [2.24, 2.45) is 10.2 Å². The second kappa shape index (κ2) is 12.9. The standard InChI is InChI=1S/C24H33ClN8O10/c1-11-21(40)32-14(6-12(25)7-27-32)22(41)31-13(4-3-5-26-31)19(38)30-24(2,10-34)23(42)43-9-16(36)33-17(20(39)29-11)18(37)15(35)8-28-33/h5,8,11-15,17-18,27,34-35,37H,3-4,6-7,9-10H2,1-2H3,(H,29,39)(H,30,38). The lowest BCUT2D eigenvalue weighted by atomic mass is 10.00. The summed E-state index contributed by atoms with van der Waals surface area (Å²) in [7, 11) is 0. The number of aliphatic hydroxyl groups is 3. The van der Waals surface area contributed by atoms with Crippen LogP contribution in [0.3, 0.4) is 0 Å². The van der Waals surface area contributed by atoms with Crippen LogP contribution >= 0.6 is 11.6 Å². The molecule has 4 rings (SSSR count). The predicted octanol–water partition coefficient (Wildman–Crippen LogP) is -4.48. The minimum Gasteiger partial charge on any atom is -0.454 e. The smallest absolute Gasteiger partial charge is 0.334 e. The fourth-order valence-electron chi connectivity index (χ4n) is 4.92. The Morgan fingerprint density at radius 3 is 2.49 bits per heavy atom. The number of hydrogen-bond acceptors (Lipinski definition) is 13. The second-order valence-corrected chi connectivity index (χ2v) is 11.3. The van der Waals surface area contributed by atoms with E-state index < -0.39 is 96.0 Å². The number of halogens is 1. The van der Waals surface area contributed by atoms with Crippen LogP contribution in [0.15, 0.2) is 10.2 Å². The number of hydrazine groups is 1. The lowest BCUT2D eigenvalue weighted by Gasteiger charge is -2.42. The molecule has 5 amide bonds. The summed E-state index contributed by atoms with van der Waals surface area (Å²) in [6.45, 7) is 0.498. The lowest BCUT2D eigenvalue weighted by Crippen LogP contribution is -2.67. The molecule has 2 fully saturated rings. The molecule has 43 heavy (non-hydrogen) atoms. The molecule has 0 aliphatic carbocycles. The average Bonchev–Trinajstić information content (AvgIpc) is 2.99. The largest absolute Gasteiger partial charge is 0.454 e. The van der Waals surface area contributed by atoms with Gasteiger partial charge in [-0.1, -0.05) is 0 Å². The summed E-state index contributed by atoms with van der Waals surface area (Å²) in [5.74, 6) is -5.88. The number of hydrogen-bond donors (Lipinski definition) is 6. The van der Waals surface area contributed by atoms with Gasteiger partial charge < -0.3 is 30.7 Å². The van der Waals surface area contributed by atoms with Crippen molar-refractivity contribution in [2.75, 3.05) is 19.8 Å². The van der Waals surface area contributed by atoms with Crippen LogP contribution in [-0.2, 0) is 33.5 Å². The molecule has 19 heteroatoms. The Balaban J connectivity index is 1.74. The quantitative estimate of drug-likeness (QED) is 0.119. The van der Waals surface area contributed by atoms with Crippen LogP contribution in [0.4, 0.5) is 0 Å². The Morgan fingerprint density at radius 2 is 1.79 bits per heavy atom. The molecule has 18 nitrogen and oxygen atoms in total. The van der Waals surface area contributed by atoms with Gasteiger partial charge in [-0.15, -0.1) is 11.6 Å². The van der Waals surface area contributed by atoms with Crippen molar-refractivity contribution in [3.63, 3.8) is 0 Å². The van der Waals surface area contributed by atoms with E-state index in [1.807, 2.05) is 0 Å². The molecule has 0 bridgehead atoms. The third-order valence-corrected chi connectivity index (χ3v) is 7.75. The molecule has 4 heterocycles. The van der Waals surface area contributed by atoms with Crippen LogP contribution in [0.1, 0.15) is 33.1 Å². The Hall–Kier alpha value is -3.71. The van der Waals surface area contributed by atoms with E-state index in [0.717, 1.165) is 23.2 Å². The topological polar surface area (TPSA) is 243 Å². The van der Waals surface area contributed by atoms with E-state index in [4.69, 9.17) is 16.3 Å². The van der Waals surface area contributed by atoms with Gasteiger partial charge in [0, 0.05) is 12.8 Å². The van der Waals surface area contributed by atoms with E-state index in [9.17, 15) is 44.1 Å². The summed E-state index contributed by atoms with van der Waals surface area (Å²) in [5, 5.41) is 44.9. The number of nitrogens with one attached hydrogen (secondary N) is 3. The zero-order valence-electron chi connectivity index (χ0n) is 23.3. The first-order valence-electron chi connectivity index (χ1n) is 13.5. The van der Waals surface area contributed by atoms with Gasteiger partial charge in [-0.25, -0.2) is 20.2 Å². The normalized spacial score (nSPS) is 36.5. The first kappa shape index (κ1) is 32.2. The highest BCUT2D eigenvalue weighted by atomic mass is 35.5. The molecule has 0 spiro atoms. The van der Waals surface area contributed by atoms with E-state index in [1.165, 1.54) is 13.1 Å². The van der Waals surface area contributed by atoms with Gasteiger partial charge in [-0.2, -0.15) is 10.2 Å². The maximum absolute atomic E-state index is 13.8. The minimum atomic E-state index is -2.08. The SMILES string of the molecule is CC1NC(=O)C2C(O)C(O)C=NN2C(=O)COC(=O)C(C)(CO)NC(=O)C2CCC=NN2C(=O)C2CC(Cl)CNN2C1=O. The lowest BCUT2D eigenvalue weighted by molar-refractivity contribution is -0.165. The number of nitrogens with zero attached hydrogens (tertiary/aromatic N) is 5. The van der Waals surface area contributed by atoms with Gasteiger partial charge in [0.2, 0.25) is 11.8 Å². The van der Waals surface area contributed by atoms with Crippen LogP contribution in [0.5, 0.6) is 0 Å². The number of rotatable bonds is 1. The van der Waals surface area contributed by atoms with Gasteiger partial charge >= 0.3 is 5.97 Å². The van der Waals surface area contributed by atoms with Gasteiger partial charge in [-0.05, 0) is 33.1 Å². The number of carbonyl (C=O) groups is 6. The van der Waals surface area contributed by atoms with Gasteiger partial charge in [-0.3, -0.25) is 29.0 Å². The Labute approximate surface area is 250 Å². The van der Waals surface area contributed by atoms with Crippen molar-refractivity contribution >= 4 is 59.5 Å². The minimum absolute atomic E-state index is 0.0502. The molecule has 4 aliphatic rings. The molecule has 0 aromatic rings. The zero-order chi connectivity index (χ0) is 31.6. The van der Waals surface area contributed by atoms with Crippen molar-refractivity contribution in [2.45, 2.75) is 80.4 Å². The molecule has 8 atom stereocenters. The molecule has 236 valence electrons. The fourth-order valence-corrected chi connectivity index (χ4v) is 5.15. The molecule has 2 saturated heterocycles. The predicted molar refractivity (Wildman–Crippen MR) is 145 cm³/mol. The summed E-state index contributed by atoms with van der Waals surface area (Å²) in [5.41, 5.74) is 0.678. The summed E-state index contributed by atoms with van der Waals surface area (Å²) in [4.78, 5) is 80.0. The van der Waals surface area contributed by atoms with Crippen LogP contribution in [0.25, 0.3) is 0 Å². The Bertz CT molecular complexity index is 1230. The third-order valence-electron chi connectivity index (χ3n) is 7.42. The van der Waals surface area contributed by atoms with E-state index in [1.54, 1.807) is 0 Å². The highest BCUT2D eigenvalue weighted by Gasteiger charge is 2.47. The molecule has 6 N–H and O–H groups in total. The molecule has 0 saturated carbocycles. The van der Waals surface area contributed by atoms with E-state index in [-0.39, 0.29) is 19.4 Å². The molecular weight excluding hydrogens is 596 g/mol. The number of esters is 1. The average molecular weight is 629 g/mol. The summed E-state index contributed by atoms with van der Waals surface area (Å²) < 4.78 is 5.03. The molecule has 0 aromatic heterocycles. The number of alkyl halides is 1. The maximum atomic E-state index is 13.8. The first-order valence-corrected chi connectivity index (χ1v) is 13.9. The number of carbonyl (C=O) groups excluding carboxylic acids is 6. The van der Waals surface area contributed by atoms with Gasteiger partial charge in [0.05, 0.1) is 18.2 Å². The monoisotopic (exact) mass is 628 g/mol. The van der Waals surface area contributed by atoms with E-state index >= 15 is 0 Å². The summed E-state index contributed by atoms with van der Waals surface area (Å²) in [6.07, 6.45) is -1.03. The molecule has 0 radical (unpaired) electrons. The number of ether oxygens (including phenoxy) is 1. The van der Waals surface area contributed by atoms with Gasteiger partial charge in [0.1, 0.15) is 30.3 Å². The number of aliphatic hydroxyl groups excluding tert-OH is 3. The Morgan fingerprint density at radius 1 is 1.07 bits per heavy atom. The number of hydrazone groups is 2. The summed E-state index contributed by atoms with van der Waals surface area (Å²) in [6, 6.07) is -5.74. The first-order chi connectivity index (χ1) is 20.3. The summed E-state index contributed by atoms with van der Waals surface area (Å²) >= 11 is 6.31. The van der Waals surface area contributed by atoms with Crippen LogP contribution in [0, 0.1) is 0 Å². The number of amides is 5. The van der Waals surface area contributed by atoms with Crippen molar-refractivity contribution < 1.29 is 48.8 Å². The van der Waals surface area contributed by atoms with Crippen molar-refractivity contribution in [1.82, 2.24) is 31.1 Å². The van der Waals surface area contributed by atoms with E-state index in [0.29, 0.717) is 11.4 Å². The van der Waals surface area contributed by atoms with Crippen molar-refractivity contribution in [1.29, 1.82) is 0 Å². The number of cyclic esters (lactones) is 1. The van der Waals surface area contributed by atoms with Crippen LogP contribution < -0.4 is 16.1 Å². The van der Waals surface area contributed by atoms with Crippen molar-refractivity contribution in [3.05, 3.63) is 0 Å². The highest BCUT2D eigenvalue weighted by Crippen LogP contribution is 2.24. The zero-order valence-corrected chi connectivity index (χ0v) is 24.0.